The van der Waals surface area contributed by atoms with Gasteiger partial charge in [0.05, 0.1) is 31.0 Å². The lowest BCUT2D eigenvalue weighted by Gasteiger charge is -2.27. The fourth-order valence-corrected chi connectivity index (χ4v) is 3.36. The highest BCUT2D eigenvalue weighted by Gasteiger charge is 2.34. The standard InChI is InChI=1S/C19H24N4O6/c20-22-10-12-1-2-14-16(9-12)28-8-7-23(18(14)25)11-15(24)17(19(26)27)29-13-3-5-21-6-4-13/h1-2,9-10,13,17,21H,3-8,11,20H2,(H,26,27). The average Bonchev–Trinajstić information content (AvgIpc) is 2.86. The Morgan fingerprint density at radius 2 is 2.17 bits per heavy atom. The van der Waals surface area contributed by atoms with Crippen molar-refractivity contribution in [3.8, 4) is 5.75 Å². The van der Waals surface area contributed by atoms with Crippen LogP contribution in [0.1, 0.15) is 28.8 Å². The van der Waals surface area contributed by atoms with E-state index in [0.717, 1.165) is 0 Å². The number of carboxylic acid groups (broad SMARTS) is 1. The van der Waals surface area contributed by atoms with Gasteiger partial charge >= 0.3 is 5.97 Å². The van der Waals surface area contributed by atoms with Crippen molar-refractivity contribution in [2.75, 3.05) is 32.8 Å². The molecule has 1 fully saturated rings. The molecule has 0 radical (unpaired) electrons. The number of Topliss-reactive ketones (excluding diaryl/α,β-unsaturated/α-hetero) is 1. The van der Waals surface area contributed by atoms with Crippen LogP contribution >= 0.6 is 0 Å². The zero-order valence-corrected chi connectivity index (χ0v) is 15.9. The molecule has 1 saturated heterocycles. The summed E-state index contributed by atoms with van der Waals surface area (Å²) >= 11 is 0. The van der Waals surface area contributed by atoms with Crippen molar-refractivity contribution < 1.29 is 29.0 Å². The second-order valence-corrected chi connectivity index (χ2v) is 6.88. The van der Waals surface area contributed by atoms with Gasteiger partial charge in [-0.25, -0.2) is 4.79 Å². The molecule has 1 aromatic carbocycles. The van der Waals surface area contributed by atoms with Gasteiger partial charge < -0.3 is 30.6 Å². The number of fused-ring (bicyclic) bond motifs is 1. The molecule has 1 amide bonds. The first-order valence-corrected chi connectivity index (χ1v) is 9.40. The molecular formula is C19H24N4O6. The van der Waals surface area contributed by atoms with Gasteiger partial charge in [0.25, 0.3) is 5.91 Å². The molecule has 2 heterocycles. The number of ketones is 1. The van der Waals surface area contributed by atoms with E-state index in [1.54, 1.807) is 18.2 Å². The fourth-order valence-electron chi connectivity index (χ4n) is 3.36. The maximum atomic E-state index is 12.9. The van der Waals surface area contributed by atoms with E-state index in [9.17, 15) is 19.5 Å². The number of benzene rings is 1. The molecule has 1 aromatic rings. The quantitative estimate of drug-likeness (QED) is 0.241. The molecule has 1 unspecified atom stereocenters. The van der Waals surface area contributed by atoms with E-state index in [4.69, 9.17) is 15.3 Å². The number of carboxylic acids is 1. The Balaban J connectivity index is 1.71. The van der Waals surface area contributed by atoms with Gasteiger partial charge in [-0.2, -0.15) is 5.10 Å². The topological polar surface area (TPSA) is 144 Å². The van der Waals surface area contributed by atoms with Gasteiger partial charge in [0.2, 0.25) is 6.10 Å². The smallest absolute Gasteiger partial charge is 0.340 e. The van der Waals surface area contributed by atoms with Gasteiger partial charge in [-0.1, -0.05) is 6.07 Å². The number of aliphatic carboxylic acids is 1. The van der Waals surface area contributed by atoms with Crippen LogP contribution in [0.5, 0.6) is 5.75 Å². The van der Waals surface area contributed by atoms with Crippen LogP contribution in [0.3, 0.4) is 0 Å². The summed E-state index contributed by atoms with van der Waals surface area (Å²) in [7, 11) is 0. The molecule has 29 heavy (non-hydrogen) atoms. The summed E-state index contributed by atoms with van der Waals surface area (Å²) in [5, 5.41) is 16.0. The maximum absolute atomic E-state index is 12.9. The number of nitrogens with two attached hydrogens (primary N) is 1. The summed E-state index contributed by atoms with van der Waals surface area (Å²) in [6, 6.07) is 4.86. The van der Waals surface area contributed by atoms with E-state index in [1.165, 1.54) is 11.1 Å². The van der Waals surface area contributed by atoms with Crippen molar-refractivity contribution in [3.63, 3.8) is 0 Å². The van der Waals surface area contributed by atoms with Crippen LogP contribution < -0.4 is 15.9 Å². The van der Waals surface area contributed by atoms with Crippen molar-refractivity contribution in [1.29, 1.82) is 0 Å². The Kier molecular flexibility index (Phi) is 6.78. The summed E-state index contributed by atoms with van der Waals surface area (Å²) in [5.74, 6) is 3.08. The van der Waals surface area contributed by atoms with Gasteiger partial charge in [-0.3, -0.25) is 9.59 Å². The molecule has 2 aliphatic heterocycles. The number of hydrogen-bond acceptors (Lipinski definition) is 8. The Morgan fingerprint density at radius 3 is 2.86 bits per heavy atom. The molecule has 156 valence electrons. The van der Waals surface area contributed by atoms with E-state index < -0.39 is 23.8 Å². The first kappa shape index (κ1) is 20.7. The lowest BCUT2D eigenvalue weighted by molar-refractivity contribution is -0.161. The number of hydrazone groups is 1. The monoisotopic (exact) mass is 404 g/mol. The molecular weight excluding hydrogens is 380 g/mol. The second-order valence-electron chi connectivity index (χ2n) is 6.88. The molecule has 10 nitrogen and oxygen atoms in total. The number of nitrogens with zero attached hydrogens (tertiary/aromatic N) is 2. The van der Waals surface area contributed by atoms with Crippen molar-refractivity contribution in [2.24, 2.45) is 10.9 Å². The first-order chi connectivity index (χ1) is 14.0. The van der Waals surface area contributed by atoms with Crippen molar-refractivity contribution in [2.45, 2.75) is 25.0 Å². The Bertz CT molecular complexity index is 806. The van der Waals surface area contributed by atoms with E-state index in [1.807, 2.05) is 0 Å². The Morgan fingerprint density at radius 1 is 1.41 bits per heavy atom. The molecule has 2 aliphatic rings. The minimum absolute atomic E-state index is 0.152. The van der Waals surface area contributed by atoms with E-state index in [0.29, 0.717) is 37.2 Å². The molecule has 1 atom stereocenters. The number of rotatable bonds is 7. The lowest BCUT2D eigenvalue weighted by Crippen LogP contribution is -2.46. The molecule has 0 aliphatic carbocycles. The highest BCUT2D eigenvalue weighted by molar-refractivity contribution is 6.05. The first-order valence-electron chi connectivity index (χ1n) is 9.40. The molecule has 0 aromatic heterocycles. The zero-order valence-electron chi connectivity index (χ0n) is 15.9. The normalized spacial score (nSPS) is 18.8. The highest BCUT2D eigenvalue weighted by Crippen LogP contribution is 2.24. The Hall–Kier alpha value is -2.98. The van der Waals surface area contributed by atoms with Crippen LogP contribution in [-0.4, -0.2) is 78.9 Å². The summed E-state index contributed by atoms with van der Waals surface area (Å²) in [6.45, 7) is 1.37. The van der Waals surface area contributed by atoms with Crippen LogP contribution in [0.4, 0.5) is 0 Å². The van der Waals surface area contributed by atoms with Crippen LogP contribution in [0.25, 0.3) is 0 Å². The average molecular weight is 404 g/mol. The number of amides is 1. The summed E-state index contributed by atoms with van der Waals surface area (Å²) in [4.78, 5) is 38.4. The predicted molar refractivity (Wildman–Crippen MR) is 103 cm³/mol. The zero-order chi connectivity index (χ0) is 20.8. The van der Waals surface area contributed by atoms with Crippen LogP contribution in [0, 0.1) is 0 Å². The molecule has 0 spiro atoms. The number of nitrogens with one attached hydrogen (secondary N) is 1. The van der Waals surface area contributed by atoms with Gasteiger partial charge in [0.1, 0.15) is 12.4 Å². The molecule has 0 saturated carbocycles. The SMILES string of the molecule is NN=Cc1ccc2c(c1)OCCN(CC(=O)C(OC1CCNCC1)C(=O)O)C2=O. The third-order valence-electron chi connectivity index (χ3n) is 4.84. The van der Waals surface area contributed by atoms with Crippen LogP contribution in [0.2, 0.25) is 0 Å². The largest absolute Gasteiger partial charge is 0.491 e. The third-order valence-corrected chi connectivity index (χ3v) is 4.84. The minimum atomic E-state index is -1.60. The number of carbonyl (C=O) groups excluding carboxylic acids is 2. The lowest BCUT2D eigenvalue weighted by atomic mass is 10.1. The number of carbonyl (C=O) groups is 3. The predicted octanol–water partition coefficient (Wildman–Crippen LogP) is -0.395. The van der Waals surface area contributed by atoms with Gasteiger partial charge in [0.15, 0.2) is 5.78 Å². The fraction of sp³-hybridized carbons (Fsp3) is 0.474. The number of ether oxygens (including phenoxy) is 2. The van der Waals surface area contributed by atoms with Gasteiger partial charge in [-0.05, 0) is 43.6 Å². The third kappa shape index (κ3) is 5.09. The molecule has 4 N–H and O–H groups in total. The van der Waals surface area contributed by atoms with E-state index >= 15 is 0 Å². The van der Waals surface area contributed by atoms with Crippen molar-refractivity contribution in [1.82, 2.24) is 10.2 Å². The van der Waals surface area contributed by atoms with Crippen LogP contribution in [-0.2, 0) is 14.3 Å². The minimum Gasteiger partial charge on any atom is -0.491 e. The summed E-state index contributed by atoms with van der Waals surface area (Å²) in [5.41, 5.74) is 0.959. The van der Waals surface area contributed by atoms with E-state index in [-0.39, 0.29) is 31.4 Å². The van der Waals surface area contributed by atoms with Crippen molar-refractivity contribution in [3.05, 3.63) is 29.3 Å². The van der Waals surface area contributed by atoms with E-state index in [2.05, 4.69) is 10.4 Å². The number of hydrogen-bond donors (Lipinski definition) is 3. The van der Waals surface area contributed by atoms with Crippen LogP contribution in [0.15, 0.2) is 23.3 Å². The van der Waals surface area contributed by atoms with Crippen molar-refractivity contribution >= 4 is 23.9 Å². The molecule has 10 heteroatoms. The summed E-state index contributed by atoms with van der Waals surface area (Å²) in [6.07, 6.45) is 0.797. The summed E-state index contributed by atoms with van der Waals surface area (Å²) < 4.78 is 11.2. The van der Waals surface area contributed by atoms with Gasteiger partial charge in [-0.15, -0.1) is 0 Å². The maximum Gasteiger partial charge on any atom is 0.340 e. The highest BCUT2D eigenvalue weighted by atomic mass is 16.5. The Labute approximate surface area is 167 Å². The molecule has 3 rings (SSSR count). The number of piperidine rings is 1. The molecule has 0 bridgehead atoms. The van der Waals surface area contributed by atoms with Gasteiger partial charge in [0, 0.05) is 0 Å². The second kappa shape index (κ2) is 9.48.